The highest BCUT2D eigenvalue weighted by Crippen LogP contribution is 2.34. The Morgan fingerprint density at radius 1 is 1.26 bits per heavy atom. The van der Waals surface area contributed by atoms with Gasteiger partial charge in [0.05, 0.1) is 25.4 Å². The first-order valence-corrected chi connectivity index (χ1v) is 11.8. The molecule has 0 N–H and O–H groups in total. The van der Waals surface area contributed by atoms with Crippen LogP contribution in [0.1, 0.15) is 50.8 Å². The molecule has 184 valence electrons. The fourth-order valence-corrected chi connectivity index (χ4v) is 4.09. The van der Waals surface area contributed by atoms with E-state index in [9.17, 15) is 9.18 Å². The second-order valence-corrected chi connectivity index (χ2v) is 9.64. The van der Waals surface area contributed by atoms with Crippen LogP contribution in [0.25, 0.3) is 11.1 Å². The maximum atomic E-state index is 14.9. The maximum Gasteiger partial charge on any atom is 0.410 e. The number of halogens is 1. The number of ether oxygens (including phenoxy) is 3. The minimum absolute atomic E-state index is 0.181. The average Bonchev–Trinajstić information content (AvgIpc) is 2.78. The van der Waals surface area contributed by atoms with Crippen LogP contribution in [0.15, 0.2) is 54.6 Å². The Hall–Kier alpha value is -2.70. The Kier molecular flexibility index (Phi) is 8.86. The molecule has 6 heteroatoms. The third-order valence-electron chi connectivity index (χ3n) is 5.68. The lowest BCUT2D eigenvalue weighted by Gasteiger charge is -2.33. The molecule has 2 aromatic carbocycles. The molecule has 0 saturated carbocycles. The van der Waals surface area contributed by atoms with Gasteiger partial charge in [0.25, 0.3) is 0 Å². The van der Waals surface area contributed by atoms with Crippen molar-refractivity contribution < 1.29 is 23.4 Å². The smallest absolute Gasteiger partial charge is 0.410 e. The molecule has 1 heterocycles. The van der Waals surface area contributed by atoms with Crippen molar-refractivity contribution in [1.29, 1.82) is 0 Å². The van der Waals surface area contributed by atoms with Gasteiger partial charge >= 0.3 is 6.09 Å². The molecule has 1 fully saturated rings. The number of carbonyl (C=O) groups excluding carboxylic acids is 1. The summed E-state index contributed by atoms with van der Waals surface area (Å²) in [6.45, 7) is 9.03. The van der Waals surface area contributed by atoms with E-state index in [1.54, 1.807) is 18.1 Å². The number of allylic oxidation sites excluding steroid dienone is 1. The highest BCUT2D eigenvalue weighted by atomic mass is 19.1. The number of rotatable bonds is 7. The zero-order chi connectivity index (χ0) is 24.7. The SMILES string of the molecule is COC(CCC=CC1CN(C(=O)OC(C)(C)C)CCO1)c1cccc(F)c1-c1cccc(C)c1. The number of morpholine rings is 1. The highest BCUT2D eigenvalue weighted by molar-refractivity contribution is 5.69. The van der Waals surface area contributed by atoms with E-state index < -0.39 is 5.60 Å². The second kappa shape index (κ2) is 11.6. The van der Waals surface area contributed by atoms with Crippen molar-refractivity contribution in [3.63, 3.8) is 0 Å². The summed E-state index contributed by atoms with van der Waals surface area (Å²) in [4.78, 5) is 14.0. The molecule has 1 amide bonds. The zero-order valence-corrected chi connectivity index (χ0v) is 20.8. The van der Waals surface area contributed by atoms with Gasteiger partial charge in [-0.25, -0.2) is 9.18 Å². The van der Waals surface area contributed by atoms with Crippen LogP contribution < -0.4 is 0 Å². The number of nitrogens with zero attached hydrogens (tertiary/aromatic N) is 1. The Bertz CT molecular complexity index is 998. The Morgan fingerprint density at radius 3 is 2.74 bits per heavy atom. The minimum Gasteiger partial charge on any atom is -0.444 e. The molecule has 1 aliphatic rings. The number of benzene rings is 2. The lowest BCUT2D eigenvalue weighted by atomic mass is 9.92. The first kappa shape index (κ1) is 25.9. The van der Waals surface area contributed by atoms with Crippen molar-refractivity contribution in [2.45, 2.75) is 58.3 Å². The quantitative estimate of drug-likeness (QED) is 0.437. The molecule has 3 rings (SSSR count). The summed E-state index contributed by atoms with van der Waals surface area (Å²) >= 11 is 0. The number of aryl methyl sites for hydroxylation is 1. The van der Waals surface area contributed by atoms with Crippen LogP contribution in [0.4, 0.5) is 9.18 Å². The Morgan fingerprint density at radius 2 is 2.03 bits per heavy atom. The molecule has 0 aliphatic carbocycles. The summed E-state index contributed by atoms with van der Waals surface area (Å²) in [6, 6.07) is 13.0. The van der Waals surface area contributed by atoms with Gasteiger partial charge in [-0.05, 0) is 57.7 Å². The highest BCUT2D eigenvalue weighted by Gasteiger charge is 2.27. The molecule has 2 unspecified atom stereocenters. The molecule has 2 atom stereocenters. The van der Waals surface area contributed by atoms with E-state index in [0.29, 0.717) is 31.7 Å². The van der Waals surface area contributed by atoms with E-state index in [-0.39, 0.29) is 24.1 Å². The third-order valence-corrected chi connectivity index (χ3v) is 5.68. The molecule has 0 aromatic heterocycles. The van der Waals surface area contributed by atoms with E-state index >= 15 is 0 Å². The fraction of sp³-hybridized carbons (Fsp3) is 0.464. The number of amides is 1. The van der Waals surface area contributed by atoms with Gasteiger partial charge in [-0.15, -0.1) is 0 Å². The summed E-state index contributed by atoms with van der Waals surface area (Å²) in [5.74, 6) is -0.251. The molecule has 2 aromatic rings. The van der Waals surface area contributed by atoms with E-state index in [4.69, 9.17) is 14.2 Å². The van der Waals surface area contributed by atoms with E-state index in [1.165, 1.54) is 6.07 Å². The van der Waals surface area contributed by atoms with E-state index in [2.05, 4.69) is 0 Å². The normalized spacial score (nSPS) is 17.7. The fourth-order valence-electron chi connectivity index (χ4n) is 4.09. The number of hydrogen-bond acceptors (Lipinski definition) is 4. The first-order chi connectivity index (χ1) is 16.2. The summed E-state index contributed by atoms with van der Waals surface area (Å²) in [7, 11) is 1.66. The van der Waals surface area contributed by atoms with Crippen molar-refractivity contribution >= 4 is 6.09 Å². The van der Waals surface area contributed by atoms with E-state index in [0.717, 1.165) is 23.1 Å². The zero-order valence-electron chi connectivity index (χ0n) is 20.8. The molecule has 5 nitrogen and oxygen atoms in total. The largest absolute Gasteiger partial charge is 0.444 e. The molecule has 0 bridgehead atoms. The van der Waals surface area contributed by atoms with Crippen LogP contribution in [-0.4, -0.2) is 49.5 Å². The molecule has 1 saturated heterocycles. The van der Waals surface area contributed by atoms with Gasteiger partial charge in [0.15, 0.2) is 0 Å². The number of hydrogen-bond donors (Lipinski definition) is 0. The van der Waals surface area contributed by atoms with Gasteiger partial charge in [-0.1, -0.05) is 54.1 Å². The van der Waals surface area contributed by atoms with Crippen LogP contribution in [0.5, 0.6) is 0 Å². The minimum atomic E-state index is -0.524. The molecule has 34 heavy (non-hydrogen) atoms. The van der Waals surface area contributed by atoms with Gasteiger partial charge < -0.3 is 19.1 Å². The standard InChI is InChI=1S/C28H36FNO4/c1-20-10-8-11-21(18-20)26-23(13-9-14-24(26)29)25(32-5)15-7-6-12-22-19-30(16-17-33-22)27(31)34-28(2,3)4/h6,8-14,18,22,25H,7,15-17,19H2,1-5H3. The number of carbonyl (C=O) groups is 1. The molecular formula is C28H36FNO4. The molecule has 0 spiro atoms. The second-order valence-electron chi connectivity index (χ2n) is 9.64. The van der Waals surface area contributed by atoms with Crippen molar-refractivity contribution in [2.24, 2.45) is 0 Å². The molecular weight excluding hydrogens is 433 g/mol. The molecule has 1 aliphatic heterocycles. The average molecular weight is 470 g/mol. The van der Waals surface area contributed by atoms with Gasteiger partial charge in [-0.3, -0.25) is 0 Å². The Balaban J connectivity index is 1.63. The van der Waals surface area contributed by atoms with Gasteiger partial charge in [0.2, 0.25) is 0 Å². The predicted octanol–water partition coefficient (Wildman–Crippen LogP) is 6.46. The van der Waals surface area contributed by atoms with Crippen molar-refractivity contribution in [3.05, 3.63) is 71.6 Å². The topological polar surface area (TPSA) is 48.0 Å². The summed E-state index contributed by atoms with van der Waals surface area (Å²) < 4.78 is 31.9. The van der Waals surface area contributed by atoms with Crippen molar-refractivity contribution in [1.82, 2.24) is 4.90 Å². The van der Waals surface area contributed by atoms with Crippen LogP contribution in [0, 0.1) is 12.7 Å². The summed E-state index contributed by atoms with van der Waals surface area (Å²) in [6.07, 6.45) is 4.70. The van der Waals surface area contributed by atoms with Crippen LogP contribution in [0.3, 0.4) is 0 Å². The summed E-state index contributed by atoms with van der Waals surface area (Å²) in [5.41, 5.74) is 2.83. The van der Waals surface area contributed by atoms with Crippen LogP contribution in [-0.2, 0) is 14.2 Å². The predicted molar refractivity (Wildman–Crippen MR) is 132 cm³/mol. The van der Waals surface area contributed by atoms with E-state index in [1.807, 2.05) is 70.2 Å². The molecule has 0 radical (unpaired) electrons. The van der Waals surface area contributed by atoms with Gasteiger partial charge in [0.1, 0.15) is 11.4 Å². The monoisotopic (exact) mass is 469 g/mol. The van der Waals surface area contributed by atoms with Crippen molar-refractivity contribution in [2.75, 3.05) is 26.8 Å². The Labute approximate surface area is 202 Å². The van der Waals surface area contributed by atoms with Gasteiger partial charge in [-0.2, -0.15) is 0 Å². The first-order valence-electron chi connectivity index (χ1n) is 11.8. The summed E-state index contributed by atoms with van der Waals surface area (Å²) in [5, 5.41) is 0. The lowest BCUT2D eigenvalue weighted by molar-refractivity contribution is -0.0264. The third kappa shape index (κ3) is 7.15. The van der Waals surface area contributed by atoms with Crippen LogP contribution >= 0.6 is 0 Å². The maximum absolute atomic E-state index is 14.9. The lowest BCUT2D eigenvalue weighted by Crippen LogP contribution is -2.46. The van der Waals surface area contributed by atoms with Crippen LogP contribution in [0.2, 0.25) is 0 Å². The van der Waals surface area contributed by atoms with Crippen molar-refractivity contribution in [3.8, 4) is 11.1 Å². The number of methoxy groups -OCH3 is 1. The van der Waals surface area contributed by atoms with Gasteiger partial charge in [0, 0.05) is 19.2 Å².